The minimum absolute atomic E-state index is 0.0764. The zero-order chi connectivity index (χ0) is 15.0. The van der Waals surface area contributed by atoms with E-state index in [0.717, 1.165) is 24.4 Å². The lowest BCUT2D eigenvalue weighted by Gasteiger charge is -2.31. The summed E-state index contributed by atoms with van der Waals surface area (Å²) in [6.07, 6.45) is 0.914. The van der Waals surface area contributed by atoms with Gasteiger partial charge in [0.15, 0.2) is 11.6 Å². The number of benzene rings is 1. The zero-order valence-corrected chi connectivity index (χ0v) is 12.1. The number of aromatic nitrogens is 3. The van der Waals surface area contributed by atoms with E-state index < -0.39 is 0 Å². The fourth-order valence-corrected chi connectivity index (χ4v) is 2.72. The number of hydrogen-bond acceptors (Lipinski definition) is 3. The van der Waals surface area contributed by atoms with E-state index in [1.165, 1.54) is 12.1 Å². The molecular formula is C15H17FN4O. The van der Waals surface area contributed by atoms with Crippen LogP contribution in [-0.4, -0.2) is 32.1 Å². The second kappa shape index (κ2) is 5.27. The van der Waals surface area contributed by atoms with Crippen LogP contribution >= 0.6 is 0 Å². The summed E-state index contributed by atoms with van der Waals surface area (Å²) >= 11 is 0. The van der Waals surface area contributed by atoms with Crippen LogP contribution in [0.25, 0.3) is 11.4 Å². The molecule has 5 nitrogen and oxygen atoms in total. The van der Waals surface area contributed by atoms with Crippen molar-refractivity contribution in [3.05, 3.63) is 35.9 Å². The predicted molar refractivity (Wildman–Crippen MR) is 75.8 cm³/mol. The Morgan fingerprint density at radius 2 is 2.00 bits per heavy atom. The molecule has 110 valence electrons. The van der Waals surface area contributed by atoms with Gasteiger partial charge in [-0.3, -0.25) is 9.36 Å². The summed E-state index contributed by atoms with van der Waals surface area (Å²) in [5.74, 6) is 1.17. The molecule has 0 fully saturated rings. The van der Waals surface area contributed by atoms with Crippen LogP contribution in [0.1, 0.15) is 32.1 Å². The molecule has 1 aromatic carbocycles. The average molecular weight is 288 g/mol. The summed E-state index contributed by atoms with van der Waals surface area (Å²) in [5.41, 5.74) is 0.763. The fourth-order valence-electron chi connectivity index (χ4n) is 2.72. The number of halogens is 1. The largest absolute Gasteiger partial charge is 0.333 e. The van der Waals surface area contributed by atoms with Crippen molar-refractivity contribution >= 4 is 5.91 Å². The highest BCUT2D eigenvalue weighted by Gasteiger charge is 2.32. The first-order valence-electron chi connectivity index (χ1n) is 7.10. The number of fused-ring (bicyclic) bond motifs is 1. The first-order chi connectivity index (χ1) is 10.1. The number of rotatable bonds is 3. The molecule has 0 saturated heterocycles. The van der Waals surface area contributed by atoms with E-state index in [-0.39, 0.29) is 17.8 Å². The third-order valence-corrected chi connectivity index (χ3v) is 3.75. The molecule has 1 amide bonds. The maximum absolute atomic E-state index is 13.0. The van der Waals surface area contributed by atoms with Gasteiger partial charge in [-0.1, -0.05) is 6.92 Å². The molecule has 3 rings (SSSR count). The molecule has 6 heteroatoms. The van der Waals surface area contributed by atoms with Gasteiger partial charge in [-0.05, 0) is 37.6 Å². The fraction of sp³-hybridized carbons (Fsp3) is 0.400. The number of carbonyl (C=O) groups is 1. The molecule has 0 unspecified atom stereocenters. The second-order valence-electron chi connectivity index (χ2n) is 5.25. The van der Waals surface area contributed by atoms with E-state index in [1.54, 1.807) is 12.1 Å². The van der Waals surface area contributed by atoms with Crippen LogP contribution in [0.4, 0.5) is 4.39 Å². The van der Waals surface area contributed by atoms with Crippen molar-refractivity contribution in [3.63, 3.8) is 0 Å². The van der Waals surface area contributed by atoms with E-state index in [0.29, 0.717) is 12.4 Å². The lowest BCUT2D eigenvalue weighted by Crippen LogP contribution is -2.42. The van der Waals surface area contributed by atoms with Crippen molar-refractivity contribution in [1.29, 1.82) is 0 Å². The molecule has 21 heavy (non-hydrogen) atoms. The van der Waals surface area contributed by atoms with E-state index in [2.05, 4.69) is 10.2 Å². The normalized spacial score (nSPS) is 18.0. The Balaban J connectivity index is 2.01. The Morgan fingerprint density at radius 1 is 1.29 bits per heavy atom. The first-order valence-corrected chi connectivity index (χ1v) is 7.10. The molecule has 0 radical (unpaired) electrons. The molecule has 1 aliphatic heterocycles. The summed E-state index contributed by atoms with van der Waals surface area (Å²) in [6.45, 7) is 5.10. The van der Waals surface area contributed by atoms with E-state index >= 15 is 0 Å². The van der Waals surface area contributed by atoms with Gasteiger partial charge in [0.2, 0.25) is 5.91 Å². The highest BCUT2D eigenvalue weighted by Crippen LogP contribution is 2.28. The van der Waals surface area contributed by atoms with Crippen LogP contribution in [-0.2, 0) is 11.3 Å². The summed E-state index contributed by atoms with van der Waals surface area (Å²) in [4.78, 5) is 14.2. The van der Waals surface area contributed by atoms with Gasteiger partial charge in [0.25, 0.3) is 0 Å². The Morgan fingerprint density at radius 3 is 2.67 bits per heavy atom. The highest BCUT2D eigenvalue weighted by molar-refractivity contribution is 5.82. The first kappa shape index (κ1) is 13.7. The lowest BCUT2D eigenvalue weighted by atomic mass is 10.1. The maximum atomic E-state index is 13.0. The van der Waals surface area contributed by atoms with Crippen molar-refractivity contribution in [3.8, 4) is 11.4 Å². The summed E-state index contributed by atoms with van der Waals surface area (Å²) in [5, 5.41) is 8.39. The molecule has 2 aromatic rings. The van der Waals surface area contributed by atoms with E-state index in [9.17, 15) is 9.18 Å². The minimum atomic E-state index is -0.338. The monoisotopic (exact) mass is 288 g/mol. The number of nitrogens with zero attached hydrogens (tertiary/aromatic N) is 4. The predicted octanol–water partition coefficient (Wildman–Crippen LogP) is 2.40. The molecule has 0 bridgehead atoms. The molecule has 1 aliphatic rings. The van der Waals surface area contributed by atoms with Gasteiger partial charge in [-0.2, -0.15) is 0 Å². The lowest BCUT2D eigenvalue weighted by molar-refractivity contribution is -0.136. The van der Waals surface area contributed by atoms with Crippen LogP contribution in [0.5, 0.6) is 0 Å². The summed E-state index contributed by atoms with van der Waals surface area (Å²) < 4.78 is 14.9. The van der Waals surface area contributed by atoms with Gasteiger partial charge in [0.05, 0.1) is 6.54 Å². The van der Waals surface area contributed by atoms with Crippen molar-refractivity contribution in [2.24, 2.45) is 0 Å². The van der Waals surface area contributed by atoms with Gasteiger partial charge in [0, 0.05) is 12.1 Å². The smallest absolute Gasteiger partial charge is 0.245 e. The minimum Gasteiger partial charge on any atom is -0.333 e. The number of amides is 1. The van der Waals surface area contributed by atoms with Gasteiger partial charge in [-0.15, -0.1) is 10.2 Å². The number of hydrogen-bond donors (Lipinski definition) is 0. The van der Waals surface area contributed by atoms with Crippen molar-refractivity contribution < 1.29 is 9.18 Å². The second-order valence-corrected chi connectivity index (χ2v) is 5.25. The molecule has 0 aliphatic carbocycles. The quantitative estimate of drug-likeness (QED) is 0.871. The van der Waals surface area contributed by atoms with Crippen molar-refractivity contribution in [1.82, 2.24) is 19.7 Å². The van der Waals surface area contributed by atoms with Crippen molar-refractivity contribution in [2.75, 3.05) is 6.54 Å². The number of carbonyl (C=O) groups excluding carboxylic acids is 1. The van der Waals surface area contributed by atoms with Gasteiger partial charge >= 0.3 is 0 Å². The molecule has 0 N–H and O–H groups in total. The third-order valence-electron chi connectivity index (χ3n) is 3.75. The third kappa shape index (κ3) is 2.30. The molecule has 2 heterocycles. The molecule has 1 aromatic heterocycles. The Bertz CT molecular complexity index is 665. The highest BCUT2D eigenvalue weighted by atomic mass is 19.1. The molecule has 0 spiro atoms. The zero-order valence-electron chi connectivity index (χ0n) is 12.1. The summed E-state index contributed by atoms with van der Waals surface area (Å²) in [6, 6.07) is 5.74. The van der Waals surface area contributed by atoms with Gasteiger partial charge in [-0.25, -0.2) is 4.39 Å². The van der Waals surface area contributed by atoms with Crippen LogP contribution in [0.3, 0.4) is 0 Å². The van der Waals surface area contributed by atoms with E-state index in [4.69, 9.17) is 0 Å². The standard InChI is InChI=1S/C15H17FN4O/c1-3-8-19-9-13-17-18-14(20(13)10(2)15(19)21)11-4-6-12(16)7-5-11/h4-7,10H,3,8-9H2,1-2H3/t10-/m1/s1. The maximum Gasteiger partial charge on any atom is 0.245 e. The van der Waals surface area contributed by atoms with Crippen LogP contribution in [0.2, 0.25) is 0 Å². The topological polar surface area (TPSA) is 51.0 Å². The molecular weight excluding hydrogens is 271 g/mol. The Labute approximate surface area is 122 Å². The van der Waals surface area contributed by atoms with Crippen molar-refractivity contribution in [2.45, 2.75) is 32.9 Å². The Kier molecular flexibility index (Phi) is 3.45. The Hall–Kier alpha value is -2.24. The molecule has 1 atom stereocenters. The van der Waals surface area contributed by atoms with Crippen LogP contribution in [0, 0.1) is 5.82 Å². The van der Waals surface area contributed by atoms with E-state index in [1.807, 2.05) is 23.3 Å². The summed E-state index contributed by atoms with van der Waals surface area (Å²) in [7, 11) is 0. The van der Waals surface area contributed by atoms with Gasteiger partial charge < -0.3 is 4.90 Å². The van der Waals surface area contributed by atoms with Crippen LogP contribution in [0.15, 0.2) is 24.3 Å². The SMILES string of the molecule is CCCN1Cc2nnc(-c3ccc(F)cc3)n2[C@H](C)C1=O. The average Bonchev–Trinajstić information content (AvgIpc) is 2.89. The van der Waals surface area contributed by atoms with Gasteiger partial charge in [0.1, 0.15) is 11.9 Å². The molecule has 0 saturated carbocycles. The van der Waals surface area contributed by atoms with Crippen LogP contribution < -0.4 is 0 Å².